The van der Waals surface area contributed by atoms with Gasteiger partial charge in [-0.3, -0.25) is 0 Å². The lowest BCUT2D eigenvalue weighted by atomic mass is 10.4. The van der Waals surface area contributed by atoms with Crippen molar-refractivity contribution in [2.24, 2.45) is 16.5 Å². The van der Waals surface area contributed by atoms with Gasteiger partial charge in [0.1, 0.15) is 0 Å². The Hall–Kier alpha value is -2.32. The lowest BCUT2D eigenvalue weighted by Gasteiger charge is -1.94. The van der Waals surface area contributed by atoms with Crippen LogP contribution in [0.15, 0.2) is 23.2 Å². The van der Waals surface area contributed by atoms with E-state index < -0.39 is 12.1 Å². The summed E-state index contributed by atoms with van der Waals surface area (Å²) in [7, 11) is 0. The van der Waals surface area contributed by atoms with E-state index in [1.165, 1.54) is 0 Å². The number of alkyl halides is 3. The molecule has 0 aliphatic heterocycles. The third-order valence-electron chi connectivity index (χ3n) is 1.36. The van der Waals surface area contributed by atoms with Crippen LogP contribution in [0, 0.1) is 6.92 Å². The fourth-order valence-corrected chi connectivity index (χ4v) is 0.723. The molecular formula is C9H11F3N4O2. The molecule has 1 rings (SSSR count). The third-order valence-corrected chi connectivity index (χ3v) is 1.36. The van der Waals surface area contributed by atoms with Gasteiger partial charge in [0.15, 0.2) is 11.8 Å². The minimum Gasteiger partial charge on any atom is -0.475 e. The molecule has 5 N–H and O–H groups in total. The summed E-state index contributed by atoms with van der Waals surface area (Å²) in [5.41, 5.74) is 11.2. The number of aliphatic carboxylic acids is 1. The van der Waals surface area contributed by atoms with Gasteiger partial charge in [0.05, 0.1) is 0 Å². The second-order valence-corrected chi connectivity index (χ2v) is 2.98. The molecule has 0 saturated carbocycles. The Morgan fingerprint density at radius 2 is 1.89 bits per heavy atom. The highest BCUT2D eigenvalue weighted by Crippen LogP contribution is 2.13. The molecule has 0 fully saturated rings. The van der Waals surface area contributed by atoms with Gasteiger partial charge in [0, 0.05) is 5.69 Å². The summed E-state index contributed by atoms with van der Waals surface area (Å²) in [5, 5.41) is 7.12. The molecule has 6 nitrogen and oxygen atoms in total. The van der Waals surface area contributed by atoms with Crippen LogP contribution in [0.3, 0.4) is 0 Å². The number of pyridine rings is 1. The minimum absolute atomic E-state index is 0.0306. The number of nitrogens with zero attached hydrogens (tertiary/aromatic N) is 2. The SMILES string of the molecule is Cc1cccc(N=C(N)N)n1.O=C(O)C(F)(F)F. The van der Waals surface area contributed by atoms with E-state index in [2.05, 4.69) is 9.98 Å². The second-order valence-electron chi connectivity index (χ2n) is 2.98. The van der Waals surface area contributed by atoms with Crippen molar-refractivity contribution in [3.63, 3.8) is 0 Å². The first-order chi connectivity index (χ1) is 8.12. The van der Waals surface area contributed by atoms with Crippen LogP contribution in [-0.2, 0) is 4.79 Å². The fourth-order valence-electron chi connectivity index (χ4n) is 0.723. The number of guanidine groups is 1. The Morgan fingerprint density at radius 3 is 2.22 bits per heavy atom. The topological polar surface area (TPSA) is 115 Å². The Kier molecular flexibility index (Phi) is 5.60. The highest BCUT2D eigenvalue weighted by Gasteiger charge is 2.38. The van der Waals surface area contributed by atoms with Gasteiger partial charge >= 0.3 is 12.1 Å². The van der Waals surface area contributed by atoms with E-state index in [4.69, 9.17) is 21.4 Å². The summed E-state index contributed by atoms with van der Waals surface area (Å²) in [6, 6.07) is 5.47. The normalized spacial score (nSPS) is 10.0. The van der Waals surface area contributed by atoms with Gasteiger partial charge in [-0.1, -0.05) is 6.07 Å². The van der Waals surface area contributed by atoms with E-state index in [1.807, 2.05) is 19.1 Å². The molecule has 0 amide bonds. The van der Waals surface area contributed by atoms with Crippen LogP contribution in [0.25, 0.3) is 0 Å². The number of aromatic nitrogens is 1. The van der Waals surface area contributed by atoms with Crippen molar-refractivity contribution in [3.8, 4) is 0 Å². The monoisotopic (exact) mass is 264 g/mol. The zero-order valence-electron chi connectivity index (χ0n) is 9.27. The van der Waals surface area contributed by atoms with E-state index in [0.717, 1.165) is 5.69 Å². The van der Waals surface area contributed by atoms with Crippen LogP contribution < -0.4 is 11.5 Å². The first-order valence-corrected chi connectivity index (χ1v) is 4.46. The van der Waals surface area contributed by atoms with E-state index >= 15 is 0 Å². The number of hydrogen-bond donors (Lipinski definition) is 3. The standard InChI is InChI=1S/C7H10N4.C2HF3O2/c1-5-3-2-4-6(10-5)11-7(8)9;3-2(4,5)1(6)7/h2-4H,1H3,(H4,8,9,10,11);(H,6,7). The van der Waals surface area contributed by atoms with Gasteiger partial charge < -0.3 is 16.6 Å². The summed E-state index contributed by atoms with van der Waals surface area (Å²) < 4.78 is 31.7. The van der Waals surface area contributed by atoms with Crippen molar-refractivity contribution in [1.29, 1.82) is 0 Å². The first kappa shape index (κ1) is 15.7. The molecule has 0 saturated heterocycles. The van der Waals surface area contributed by atoms with Crippen molar-refractivity contribution >= 4 is 17.7 Å². The Balaban J connectivity index is 0.000000360. The van der Waals surface area contributed by atoms with Crippen LogP contribution in [0.1, 0.15) is 5.69 Å². The number of rotatable bonds is 1. The second kappa shape index (κ2) is 6.42. The molecule has 0 aliphatic carbocycles. The molecule has 0 atom stereocenters. The first-order valence-electron chi connectivity index (χ1n) is 4.46. The van der Waals surface area contributed by atoms with Crippen molar-refractivity contribution in [2.75, 3.05) is 0 Å². The van der Waals surface area contributed by atoms with Gasteiger partial charge in [-0.25, -0.2) is 9.78 Å². The van der Waals surface area contributed by atoms with Crippen LogP contribution in [0.5, 0.6) is 0 Å². The van der Waals surface area contributed by atoms with Gasteiger partial charge in [0.2, 0.25) is 0 Å². The largest absolute Gasteiger partial charge is 0.490 e. The minimum atomic E-state index is -5.08. The fraction of sp³-hybridized carbons (Fsp3) is 0.222. The van der Waals surface area contributed by atoms with E-state index in [9.17, 15) is 13.2 Å². The van der Waals surface area contributed by atoms with Crippen LogP contribution in [0.4, 0.5) is 19.0 Å². The Labute approximate surface area is 100 Å². The molecule has 1 aromatic rings. The van der Waals surface area contributed by atoms with Gasteiger partial charge in [-0.15, -0.1) is 0 Å². The molecule has 18 heavy (non-hydrogen) atoms. The predicted octanol–water partition coefficient (Wildman–Crippen LogP) is 0.928. The number of nitrogens with two attached hydrogens (primary N) is 2. The highest BCUT2D eigenvalue weighted by atomic mass is 19.4. The van der Waals surface area contributed by atoms with Crippen molar-refractivity contribution in [1.82, 2.24) is 4.98 Å². The van der Waals surface area contributed by atoms with Crippen molar-refractivity contribution in [3.05, 3.63) is 23.9 Å². The Morgan fingerprint density at radius 1 is 1.39 bits per heavy atom. The number of carboxylic acid groups (broad SMARTS) is 1. The molecule has 1 heterocycles. The van der Waals surface area contributed by atoms with E-state index in [1.54, 1.807) is 6.07 Å². The maximum atomic E-state index is 10.6. The number of aliphatic imine (C=N–C) groups is 1. The average molecular weight is 264 g/mol. The maximum absolute atomic E-state index is 10.6. The quantitative estimate of drug-likeness (QED) is 0.515. The molecule has 0 unspecified atom stereocenters. The van der Waals surface area contributed by atoms with Crippen LogP contribution >= 0.6 is 0 Å². The van der Waals surface area contributed by atoms with Gasteiger partial charge in [-0.05, 0) is 19.1 Å². The summed E-state index contributed by atoms with van der Waals surface area (Å²) in [6.45, 7) is 1.88. The molecule has 0 bridgehead atoms. The molecule has 9 heteroatoms. The lowest BCUT2D eigenvalue weighted by molar-refractivity contribution is -0.192. The average Bonchev–Trinajstić information content (AvgIpc) is 2.15. The smallest absolute Gasteiger partial charge is 0.475 e. The molecule has 0 aliphatic rings. The number of carboxylic acids is 1. The lowest BCUT2D eigenvalue weighted by Crippen LogP contribution is -2.22. The molecular weight excluding hydrogens is 253 g/mol. The number of carbonyl (C=O) groups is 1. The number of hydrogen-bond acceptors (Lipinski definition) is 3. The third kappa shape index (κ3) is 7.04. The Bertz CT molecular complexity index is 442. The molecule has 0 aromatic carbocycles. The summed E-state index contributed by atoms with van der Waals surface area (Å²) >= 11 is 0. The predicted molar refractivity (Wildman–Crippen MR) is 58.1 cm³/mol. The molecule has 100 valence electrons. The maximum Gasteiger partial charge on any atom is 0.490 e. The number of halogens is 3. The van der Waals surface area contributed by atoms with Gasteiger partial charge in [-0.2, -0.15) is 18.2 Å². The summed E-state index contributed by atoms with van der Waals surface area (Å²) in [5.74, 6) is -2.18. The molecule has 0 radical (unpaired) electrons. The highest BCUT2D eigenvalue weighted by molar-refractivity contribution is 5.78. The van der Waals surface area contributed by atoms with Crippen molar-refractivity contribution < 1.29 is 23.1 Å². The zero-order valence-corrected chi connectivity index (χ0v) is 9.27. The zero-order chi connectivity index (χ0) is 14.3. The number of aryl methyl sites for hydroxylation is 1. The van der Waals surface area contributed by atoms with Crippen molar-refractivity contribution in [2.45, 2.75) is 13.1 Å². The summed E-state index contributed by atoms with van der Waals surface area (Å²) in [6.07, 6.45) is -5.08. The van der Waals surface area contributed by atoms with E-state index in [-0.39, 0.29) is 5.96 Å². The van der Waals surface area contributed by atoms with Crippen LogP contribution in [-0.4, -0.2) is 28.2 Å². The molecule has 0 spiro atoms. The van der Waals surface area contributed by atoms with E-state index in [0.29, 0.717) is 5.82 Å². The van der Waals surface area contributed by atoms with Crippen LogP contribution in [0.2, 0.25) is 0 Å². The van der Waals surface area contributed by atoms with Gasteiger partial charge in [0.25, 0.3) is 0 Å². The molecule has 1 aromatic heterocycles. The summed E-state index contributed by atoms with van der Waals surface area (Å²) in [4.78, 5) is 16.7.